The van der Waals surface area contributed by atoms with E-state index in [1.165, 1.54) is 23.3 Å². The lowest BCUT2D eigenvalue weighted by Crippen LogP contribution is -2.52. The second-order valence-corrected chi connectivity index (χ2v) is 15.7. The van der Waals surface area contributed by atoms with Gasteiger partial charge in [-0.15, -0.1) is 21.5 Å². The maximum absolute atomic E-state index is 13.6. The molecule has 18 nitrogen and oxygen atoms in total. The van der Waals surface area contributed by atoms with Crippen molar-refractivity contribution in [2.75, 3.05) is 53.2 Å². The summed E-state index contributed by atoms with van der Waals surface area (Å²) in [5.74, 6) is -0.912. The fraction of sp³-hybridized carbons (Fsp3) is 0.390. The zero-order valence-electron chi connectivity index (χ0n) is 33.6. The summed E-state index contributed by atoms with van der Waals surface area (Å²) in [5, 5.41) is 17.8. The molecule has 320 valence electrons. The predicted molar refractivity (Wildman–Crippen MR) is 220 cm³/mol. The number of thiophene rings is 1. The second-order valence-electron chi connectivity index (χ2n) is 14.3. The van der Waals surface area contributed by atoms with E-state index in [2.05, 4.69) is 26.1 Å². The lowest BCUT2D eigenvalue weighted by molar-refractivity contribution is -0.141. The highest BCUT2D eigenvalue weighted by Gasteiger charge is 2.40. The summed E-state index contributed by atoms with van der Waals surface area (Å²) in [5.41, 5.74) is 3.74. The molecule has 2 atom stereocenters. The number of aromatic nitrogens is 3. The summed E-state index contributed by atoms with van der Waals surface area (Å²) >= 11 is 7.49. The van der Waals surface area contributed by atoms with Crippen LogP contribution in [0.5, 0.6) is 5.75 Å². The number of halogens is 1. The van der Waals surface area contributed by atoms with Gasteiger partial charge in [0.2, 0.25) is 11.8 Å². The molecule has 0 aliphatic carbocycles. The van der Waals surface area contributed by atoms with Crippen molar-refractivity contribution in [3.05, 3.63) is 91.8 Å². The number of aliphatic imine (C=N–C) groups is 1. The minimum atomic E-state index is -0.753. The van der Waals surface area contributed by atoms with Gasteiger partial charge in [0.05, 0.1) is 57.1 Å². The zero-order valence-corrected chi connectivity index (χ0v) is 35.2. The van der Waals surface area contributed by atoms with Gasteiger partial charge in [-0.3, -0.25) is 43.6 Å². The SMILES string of the molecule is COC(=O)C[C@H]1N=C(c2ccc(Cl)cc2)c2c(sc(C(=O)NCCOCCOCCNC(=O)COc3cccc4c3CN(C3CCC(=O)NC3=O)C4=O)c2C)-n2c(C)nnc21. The minimum absolute atomic E-state index is 0.0511. The Bertz CT molecular complexity index is 2400. The van der Waals surface area contributed by atoms with E-state index in [9.17, 15) is 28.8 Å². The monoisotopic (exact) mass is 874 g/mol. The maximum atomic E-state index is 13.6. The quantitative estimate of drug-likeness (QED) is 0.0792. The average molecular weight is 875 g/mol. The number of nitrogens with one attached hydrogen (secondary N) is 3. The van der Waals surface area contributed by atoms with Gasteiger partial charge in [-0.05, 0) is 50.1 Å². The topological polar surface area (TPSA) is 222 Å². The van der Waals surface area contributed by atoms with Crippen LogP contribution in [0.25, 0.3) is 5.00 Å². The Morgan fingerprint density at radius 3 is 2.43 bits per heavy atom. The lowest BCUT2D eigenvalue weighted by atomic mass is 9.99. The van der Waals surface area contributed by atoms with Gasteiger partial charge in [-0.1, -0.05) is 29.8 Å². The van der Waals surface area contributed by atoms with Gasteiger partial charge in [0.1, 0.15) is 28.7 Å². The van der Waals surface area contributed by atoms with Crippen LogP contribution in [0.2, 0.25) is 5.02 Å². The van der Waals surface area contributed by atoms with E-state index in [1.54, 1.807) is 37.3 Å². The van der Waals surface area contributed by atoms with E-state index in [0.29, 0.717) is 54.7 Å². The molecule has 3 aliphatic rings. The van der Waals surface area contributed by atoms with Crippen LogP contribution >= 0.6 is 22.9 Å². The van der Waals surface area contributed by atoms with Crippen molar-refractivity contribution in [1.29, 1.82) is 0 Å². The lowest BCUT2D eigenvalue weighted by Gasteiger charge is -2.29. The fourth-order valence-electron chi connectivity index (χ4n) is 7.27. The van der Waals surface area contributed by atoms with Crippen molar-refractivity contribution >= 4 is 64.2 Å². The van der Waals surface area contributed by atoms with Gasteiger partial charge in [-0.2, -0.15) is 0 Å². The first-order chi connectivity index (χ1) is 29.4. The van der Waals surface area contributed by atoms with Crippen LogP contribution in [-0.2, 0) is 39.9 Å². The van der Waals surface area contributed by atoms with E-state index in [-0.39, 0.29) is 95.6 Å². The molecular weight excluding hydrogens is 832 g/mol. The largest absolute Gasteiger partial charge is 0.483 e. The molecule has 2 aromatic heterocycles. The van der Waals surface area contributed by atoms with Crippen LogP contribution in [0.4, 0.5) is 0 Å². The molecule has 0 radical (unpaired) electrons. The summed E-state index contributed by atoms with van der Waals surface area (Å²) in [6.45, 7) is 4.94. The van der Waals surface area contributed by atoms with Gasteiger partial charge in [-0.25, -0.2) is 0 Å². The van der Waals surface area contributed by atoms with Crippen LogP contribution in [0.1, 0.15) is 79.2 Å². The smallest absolute Gasteiger partial charge is 0.308 e. The van der Waals surface area contributed by atoms with E-state index in [0.717, 1.165) is 11.1 Å². The van der Waals surface area contributed by atoms with Crippen molar-refractivity contribution in [1.82, 2.24) is 35.6 Å². The van der Waals surface area contributed by atoms with Crippen molar-refractivity contribution in [2.45, 2.75) is 51.7 Å². The van der Waals surface area contributed by atoms with Crippen LogP contribution in [0, 0.1) is 13.8 Å². The van der Waals surface area contributed by atoms with E-state index in [1.807, 2.05) is 23.6 Å². The Kier molecular flexibility index (Phi) is 13.5. The van der Waals surface area contributed by atoms with Gasteiger partial charge in [0.25, 0.3) is 17.7 Å². The molecule has 3 N–H and O–H groups in total. The Morgan fingerprint density at radius 1 is 0.967 bits per heavy atom. The summed E-state index contributed by atoms with van der Waals surface area (Å²) in [6, 6.07) is 10.7. The number of hydrogen-bond acceptors (Lipinski definition) is 14. The molecule has 1 unspecified atom stereocenters. The Hall–Kier alpha value is -6.02. The van der Waals surface area contributed by atoms with Crippen LogP contribution < -0.4 is 20.7 Å². The number of hydrogen-bond donors (Lipinski definition) is 3. The van der Waals surface area contributed by atoms with Crippen molar-refractivity contribution in [2.24, 2.45) is 4.99 Å². The average Bonchev–Trinajstić information content (AvgIpc) is 3.88. The standard InChI is InChI=1S/C41H43ClN8O10S/c1-22-34-35(24-7-9-25(42)10-8-24)45-28(19-33(53)57-3)37-48-47-23(2)50(37)41(34)61-36(22)39(55)44-14-16-59-18-17-58-15-13-43-32(52)21-60-30-6-4-5-26-27(30)20-49(40(26)56)29-11-12-31(51)46-38(29)54/h4-10,28-29H,11-21H2,1-3H3,(H,43,52)(H,44,55)(H,46,51,54)/t28-,29?/m1/s1. The third-order valence-corrected chi connectivity index (χ3v) is 11.8. The molecule has 0 spiro atoms. The molecule has 61 heavy (non-hydrogen) atoms. The molecular formula is C41H43ClN8O10S. The molecule has 1 saturated heterocycles. The van der Waals surface area contributed by atoms with Gasteiger partial charge in [0, 0.05) is 46.8 Å². The predicted octanol–water partition coefficient (Wildman–Crippen LogP) is 2.77. The number of benzene rings is 2. The van der Waals surface area contributed by atoms with Crippen LogP contribution in [0.15, 0.2) is 47.5 Å². The first-order valence-electron chi connectivity index (χ1n) is 19.5. The number of carbonyl (C=O) groups excluding carboxylic acids is 6. The highest BCUT2D eigenvalue weighted by atomic mass is 35.5. The molecule has 4 aromatic rings. The summed E-state index contributed by atoms with van der Waals surface area (Å²) in [4.78, 5) is 82.4. The first-order valence-corrected chi connectivity index (χ1v) is 20.7. The molecule has 1 fully saturated rings. The number of ether oxygens (including phenoxy) is 4. The van der Waals surface area contributed by atoms with E-state index < -0.39 is 24.0 Å². The number of rotatable bonds is 17. The van der Waals surface area contributed by atoms with E-state index in [4.69, 9.17) is 35.5 Å². The molecule has 5 amide bonds. The molecule has 0 saturated carbocycles. The molecule has 0 bridgehead atoms. The Labute approximate surface area is 358 Å². The minimum Gasteiger partial charge on any atom is -0.483 e. The molecule has 20 heteroatoms. The number of carbonyl (C=O) groups is 6. The number of esters is 1. The molecule has 3 aliphatic heterocycles. The van der Waals surface area contributed by atoms with Gasteiger partial charge in [0.15, 0.2) is 12.4 Å². The molecule has 5 heterocycles. The number of piperidine rings is 1. The first kappa shape index (κ1) is 43.1. The number of imide groups is 1. The number of aryl methyl sites for hydroxylation is 1. The summed E-state index contributed by atoms with van der Waals surface area (Å²) < 4.78 is 23.8. The maximum Gasteiger partial charge on any atom is 0.308 e. The van der Waals surface area contributed by atoms with Crippen molar-refractivity contribution in [3.63, 3.8) is 0 Å². The van der Waals surface area contributed by atoms with E-state index >= 15 is 0 Å². The number of nitrogens with zero attached hydrogens (tertiary/aromatic N) is 5. The van der Waals surface area contributed by atoms with Gasteiger partial charge < -0.3 is 34.5 Å². The molecule has 7 rings (SSSR count). The molecule has 2 aromatic carbocycles. The third kappa shape index (κ3) is 9.49. The van der Waals surface area contributed by atoms with Crippen LogP contribution in [-0.4, -0.2) is 120 Å². The van der Waals surface area contributed by atoms with Gasteiger partial charge >= 0.3 is 5.97 Å². The van der Waals surface area contributed by atoms with Crippen molar-refractivity contribution < 1.29 is 47.7 Å². The zero-order chi connectivity index (χ0) is 43.2. The highest BCUT2D eigenvalue weighted by molar-refractivity contribution is 7.17. The number of amides is 5. The Morgan fingerprint density at radius 2 is 1.70 bits per heavy atom. The summed E-state index contributed by atoms with van der Waals surface area (Å²) in [6.07, 6.45) is 0.345. The number of fused-ring (bicyclic) bond motifs is 4. The normalized spacial score (nSPS) is 16.8. The second kappa shape index (κ2) is 19.1. The summed E-state index contributed by atoms with van der Waals surface area (Å²) in [7, 11) is 1.32. The fourth-order valence-corrected chi connectivity index (χ4v) is 8.68. The van der Waals surface area contributed by atoms with Crippen molar-refractivity contribution in [3.8, 4) is 10.8 Å². The highest BCUT2D eigenvalue weighted by Crippen LogP contribution is 2.40. The third-order valence-electron chi connectivity index (χ3n) is 10.3. The Balaban J connectivity index is 0.843. The van der Waals surface area contributed by atoms with Crippen LogP contribution in [0.3, 0.4) is 0 Å². The number of methoxy groups -OCH3 is 1.